The van der Waals surface area contributed by atoms with Crippen LogP contribution < -0.4 is 10.0 Å². The van der Waals surface area contributed by atoms with Gasteiger partial charge < -0.3 is 5.32 Å². The molecule has 27 heavy (non-hydrogen) atoms. The summed E-state index contributed by atoms with van der Waals surface area (Å²) in [5.41, 5.74) is 2.14. The summed E-state index contributed by atoms with van der Waals surface area (Å²) in [6, 6.07) is 12.0. The van der Waals surface area contributed by atoms with Crippen molar-refractivity contribution in [2.45, 2.75) is 38.0 Å². The van der Waals surface area contributed by atoms with E-state index in [1.807, 2.05) is 26.0 Å². The number of carbonyl (C=O) groups is 1. The number of hydrogen-bond donors (Lipinski definition) is 2. The van der Waals surface area contributed by atoms with E-state index in [4.69, 9.17) is 0 Å². The first kappa shape index (κ1) is 19.3. The third kappa shape index (κ3) is 4.64. The molecule has 0 aliphatic heterocycles. The van der Waals surface area contributed by atoms with Crippen LogP contribution in [0.3, 0.4) is 0 Å². The number of sulfonamides is 1. The molecule has 0 radical (unpaired) electrons. The molecule has 3 rings (SSSR count). The van der Waals surface area contributed by atoms with Crippen molar-refractivity contribution >= 4 is 48.3 Å². The quantitative estimate of drug-likeness (QED) is 0.612. The Morgan fingerprint density at radius 1 is 1.11 bits per heavy atom. The minimum Gasteiger partial charge on any atom is -0.302 e. The molecule has 0 aliphatic rings. The average Bonchev–Trinajstić information content (AvgIpc) is 3.03. The van der Waals surface area contributed by atoms with Crippen molar-refractivity contribution in [3.63, 3.8) is 0 Å². The lowest BCUT2D eigenvalue weighted by atomic mass is 10.2. The average molecular weight is 404 g/mol. The third-order valence-electron chi connectivity index (χ3n) is 4.01. The number of fused-ring (bicyclic) bond motifs is 1. The molecule has 0 fully saturated rings. The van der Waals surface area contributed by atoms with Crippen LogP contribution in [-0.4, -0.2) is 19.3 Å². The van der Waals surface area contributed by atoms with Gasteiger partial charge in [0, 0.05) is 6.42 Å². The predicted octanol–water partition coefficient (Wildman–Crippen LogP) is 4.40. The fourth-order valence-electron chi connectivity index (χ4n) is 2.57. The predicted molar refractivity (Wildman–Crippen MR) is 110 cm³/mol. The van der Waals surface area contributed by atoms with Gasteiger partial charge in [0.25, 0.3) is 10.0 Å². The van der Waals surface area contributed by atoms with Gasteiger partial charge in [-0.05, 0) is 48.7 Å². The van der Waals surface area contributed by atoms with Crippen molar-refractivity contribution in [2.24, 2.45) is 0 Å². The lowest BCUT2D eigenvalue weighted by Gasteiger charge is -2.08. The Hall–Kier alpha value is -2.45. The van der Waals surface area contributed by atoms with Gasteiger partial charge in [-0.1, -0.05) is 37.3 Å². The highest BCUT2D eigenvalue weighted by atomic mass is 32.2. The van der Waals surface area contributed by atoms with E-state index in [0.29, 0.717) is 22.8 Å². The summed E-state index contributed by atoms with van der Waals surface area (Å²) in [7, 11) is -3.67. The number of aromatic nitrogens is 1. The first-order valence-corrected chi connectivity index (χ1v) is 11.0. The van der Waals surface area contributed by atoms with Crippen LogP contribution in [0.25, 0.3) is 10.2 Å². The molecular weight excluding hydrogens is 382 g/mol. The number of benzene rings is 2. The molecule has 8 heteroatoms. The topological polar surface area (TPSA) is 88.2 Å². The van der Waals surface area contributed by atoms with Crippen molar-refractivity contribution in [1.29, 1.82) is 0 Å². The van der Waals surface area contributed by atoms with Crippen molar-refractivity contribution in [1.82, 2.24) is 4.98 Å². The molecule has 3 aromatic rings. The van der Waals surface area contributed by atoms with Gasteiger partial charge in [-0.25, -0.2) is 13.4 Å². The Kier molecular flexibility index (Phi) is 5.76. The molecule has 0 unspecified atom stereocenters. The Morgan fingerprint density at radius 2 is 1.85 bits per heavy atom. The van der Waals surface area contributed by atoms with Crippen LogP contribution in [0, 0.1) is 0 Å². The van der Waals surface area contributed by atoms with Crippen LogP contribution >= 0.6 is 11.3 Å². The number of nitrogens with zero attached hydrogens (tertiary/aromatic N) is 1. The van der Waals surface area contributed by atoms with Gasteiger partial charge >= 0.3 is 0 Å². The number of rotatable bonds is 7. The number of thiazole rings is 1. The highest BCUT2D eigenvalue weighted by Gasteiger charge is 2.15. The van der Waals surface area contributed by atoms with Crippen molar-refractivity contribution in [3.8, 4) is 0 Å². The molecule has 1 aromatic heterocycles. The highest BCUT2D eigenvalue weighted by Crippen LogP contribution is 2.29. The van der Waals surface area contributed by atoms with Gasteiger partial charge in [0.05, 0.1) is 20.8 Å². The number of carbonyl (C=O) groups excluding carboxylic acids is 1. The van der Waals surface area contributed by atoms with Gasteiger partial charge in [-0.2, -0.15) is 0 Å². The standard InChI is InChI=1S/C19H21N3O3S2/c1-3-5-18(23)21-19-20-16-12-14(8-11-17(16)26-19)22-27(24,25)15-9-6-13(4-2)7-10-15/h6-12,22H,3-5H2,1-2H3,(H,20,21,23). The van der Waals surface area contributed by atoms with Crippen LogP contribution in [0.15, 0.2) is 47.4 Å². The Labute approximate surface area is 162 Å². The minimum atomic E-state index is -3.67. The zero-order valence-electron chi connectivity index (χ0n) is 15.2. The molecule has 142 valence electrons. The summed E-state index contributed by atoms with van der Waals surface area (Å²) in [6.45, 7) is 3.95. The fourth-order valence-corrected chi connectivity index (χ4v) is 4.48. The molecule has 2 aromatic carbocycles. The molecule has 2 N–H and O–H groups in total. The molecule has 0 bridgehead atoms. The maximum absolute atomic E-state index is 12.6. The smallest absolute Gasteiger partial charge is 0.261 e. The van der Waals surface area contributed by atoms with Crippen molar-refractivity contribution < 1.29 is 13.2 Å². The Bertz CT molecular complexity index is 1060. The Balaban J connectivity index is 1.80. The second-order valence-electron chi connectivity index (χ2n) is 6.10. The van der Waals surface area contributed by atoms with Crippen LogP contribution in [0.5, 0.6) is 0 Å². The molecule has 6 nitrogen and oxygen atoms in total. The second-order valence-corrected chi connectivity index (χ2v) is 8.82. The lowest BCUT2D eigenvalue weighted by molar-refractivity contribution is -0.116. The van der Waals surface area contributed by atoms with Gasteiger partial charge in [0.1, 0.15) is 0 Å². The Morgan fingerprint density at radius 3 is 2.52 bits per heavy atom. The van der Waals surface area contributed by atoms with Crippen molar-refractivity contribution in [2.75, 3.05) is 10.0 Å². The summed E-state index contributed by atoms with van der Waals surface area (Å²) in [4.78, 5) is 16.3. The molecule has 0 atom stereocenters. The van der Waals surface area contributed by atoms with E-state index in [2.05, 4.69) is 15.0 Å². The molecule has 0 saturated heterocycles. The van der Waals surface area contributed by atoms with Crippen LogP contribution in [0.4, 0.5) is 10.8 Å². The maximum Gasteiger partial charge on any atom is 0.261 e. The van der Waals surface area contributed by atoms with Crippen LogP contribution in [-0.2, 0) is 21.2 Å². The highest BCUT2D eigenvalue weighted by molar-refractivity contribution is 7.92. The third-order valence-corrected chi connectivity index (χ3v) is 6.35. The number of hydrogen-bond acceptors (Lipinski definition) is 5. The second kappa shape index (κ2) is 8.06. The van der Waals surface area contributed by atoms with E-state index < -0.39 is 10.0 Å². The van der Waals surface area contributed by atoms with E-state index in [1.165, 1.54) is 11.3 Å². The normalized spacial score (nSPS) is 11.5. The summed E-state index contributed by atoms with van der Waals surface area (Å²) in [5.74, 6) is -0.0759. The van der Waals surface area contributed by atoms with E-state index in [-0.39, 0.29) is 10.8 Å². The summed E-state index contributed by atoms with van der Waals surface area (Å²) in [5, 5.41) is 3.28. The summed E-state index contributed by atoms with van der Waals surface area (Å²) < 4.78 is 28.6. The number of nitrogens with one attached hydrogen (secondary N) is 2. The van der Waals surface area contributed by atoms with Gasteiger partial charge in [-0.3, -0.25) is 9.52 Å². The molecule has 0 saturated carbocycles. The van der Waals surface area contributed by atoms with Crippen molar-refractivity contribution in [3.05, 3.63) is 48.0 Å². The van der Waals surface area contributed by atoms with E-state index in [1.54, 1.807) is 30.3 Å². The van der Waals surface area contributed by atoms with E-state index in [0.717, 1.165) is 23.1 Å². The SMILES string of the molecule is CCCC(=O)Nc1nc2cc(NS(=O)(=O)c3ccc(CC)cc3)ccc2s1. The van der Waals surface area contributed by atoms with E-state index in [9.17, 15) is 13.2 Å². The minimum absolute atomic E-state index is 0.0759. The molecule has 0 aliphatic carbocycles. The first-order chi connectivity index (χ1) is 12.9. The monoisotopic (exact) mass is 403 g/mol. The number of amides is 1. The lowest BCUT2D eigenvalue weighted by Crippen LogP contribution is -2.12. The number of aryl methyl sites for hydroxylation is 1. The molecular formula is C19H21N3O3S2. The fraction of sp³-hybridized carbons (Fsp3) is 0.263. The summed E-state index contributed by atoms with van der Waals surface area (Å²) >= 11 is 1.36. The largest absolute Gasteiger partial charge is 0.302 e. The first-order valence-electron chi connectivity index (χ1n) is 8.73. The summed E-state index contributed by atoms with van der Waals surface area (Å²) in [6.07, 6.45) is 2.06. The maximum atomic E-state index is 12.6. The van der Waals surface area contributed by atoms with Crippen LogP contribution in [0.1, 0.15) is 32.3 Å². The van der Waals surface area contributed by atoms with Gasteiger partial charge in [0.2, 0.25) is 5.91 Å². The van der Waals surface area contributed by atoms with E-state index >= 15 is 0 Å². The molecule has 1 amide bonds. The van der Waals surface area contributed by atoms with Gasteiger partial charge in [-0.15, -0.1) is 0 Å². The van der Waals surface area contributed by atoms with Crippen LogP contribution in [0.2, 0.25) is 0 Å². The zero-order valence-corrected chi connectivity index (χ0v) is 16.8. The molecule has 0 spiro atoms. The van der Waals surface area contributed by atoms with Gasteiger partial charge in [0.15, 0.2) is 5.13 Å². The number of anilines is 2. The molecule has 1 heterocycles. The zero-order chi connectivity index (χ0) is 19.4.